The number of hydrogen-bond acceptors (Lipinski definition) is 4. The summed E-state index contributed by atoms with van der Waals surface area (Å²) in [5.74, 6) is -1.14. The quantitative estimate of drug-likeness (QED) is 0.807. The van der Waals surface area contributed by atoms with Crippen molar-refractivity contribution in [1.29, 1.82) is 0 Å². The van der Waals surface area contributed by atoms with Crippen LogP contribution in [0.3, 0.4) is 0 Å². The first-order valence-corrected chi connectivity index (χ1v) is 8.40. The highest BCUT2D eigenvalue weighted by atomic mass is 19.1. The fourth-order valence-electron chi connectivity index (χ4n) is 3.00. The zero-order valence-electron chi connectivity index (χ0n) is 14.7. The lowest BCUT2D eigenvalue weighted by molar-refractivity contribution is -0.142. The van der Waals surface area contributed by atoms with E-state index in [4.69, 9.17) is 9.84 Å². The minimum Gasteiger partial charge on any atom is -0.480 e. The number of morpholine rings is 1. The van der Waals surface area contributed by atoms with Crippen LogP contribution < -0.4 is 0 Å². The minimum atomic E-state index is -0.889. The van der Waals surface area contributed by atoms with Gasteiger partial charge in [0, 0.05) is 26.1 Å². The normalized spacial score (nSPS) is 19.0. The highest BCUT2D eigenvalue weighted by Crippen LogP contribution is 2.21. The van der Waals surface area contributed by atoms with Gasteiger partial charge in [-0.05, 0) is 30.7 Å². The molecule has 1 aliphatic heterocycles. The highest BCUT2D eigenvalue weighted by Gasteiger charge is 2.26. The fourth-order valence-corrected chi connectivity index (χ4v) is 3.00. The lowest BCUT2D eigenvalue weighted by Crippen LogP contribution is -2.49. The number of hydrogen-bond donors (Lipinski definition) is 1. The molecular formula is C18H25FN2O4. The van der Waals surface area contributed by atoms with Crippen molar-refractivity contribution >= 4 is 11.9 Å². The summed E-state index contributed by atoms with van der Waals surface area (Å²) >= 11 is 0. The number of amides is 1. The van der Waals surface area contributed by atoms with Gasteiger partial charge in [-0.1, -0.05) is 19.1 Å². The molecule has 1 aromatic rings. The lowest BCUT2D eigenvalue weighted by atomic mass is 9.97. The van der Waals surface area contributed by atoms with Crippen LogP contribution in [-0.2, 0) is 14.3 Å². The van der Waals surface area contributed by atoms with Gasteiger partial charge in [-0.25, -0.2) is 4.39 Å². The number of halogens is 1. The van der Waals surface area contributed by atoms with Gasteiger partial charge >= 0.3 is 5.97 Å². The van der Waals surface area contributed by atoms with E-state index >= 15 is 0 Å². The van der Waals surface area contributed by atoms with Crippen molar-refractivity contribution in [3.8, 4) is 0 Å². The van der Waals surface area contributed by atoms with E-state index in [-0.39, 0.29) is 30.3 Å². The number of carbonyl (C=O) groups is 2. The first kappa shape index (κ1) is 19.3. The molecule has 0 spiro atoms. The van der Waals surface area contributed by atoms with Gasteiger partial charge in [0.15, 0.2) is 0 Å². The molecule has 25 heavy (non-hydrogen) atoms. The average molecular weight is 352 g/mol. The van der Waals surface area contributed by atoms with Crippen LogP contribution in [0.2, 0.25) is 0 Å². The van der Waals surface area contributed by atoms with Crippen LogP contribution in [0.25, 0.3) is 0 Å². The molecule has 2 atom stereocenters. The number of likely N-dealkylation sites (N-methyl/N-ethyl adjacent to an activating group) is 1. The zero-order chi connectivity index (χ0) is 18.4. The summed E-state index contributed by atoms with van der Waals surface area (Å²) in [5, 5.41) is 8.81. The van der Waals surface area contributed by atoms with Crippen molar-refractivity contribution in [3.05, 3.63) is 35.6 Å². The number of carboxylic acid groups (broad SMARTS) is 1. The van der Waals surface area contributed by atoms with E-state index in [0.717, 1.165) is 5.56 Å². The van der Waals surface area contributed by atoms with E-state index < -0.39 is 5.97 Å². The fraction of sp³-hybridized carbons (Fsp3) is 0.556. The summed E-state index contributed by atoms with van der Waals surface area (Å²) < 4.78 is 18.6. The van der Waals surface area contributed by atoms with Gasteiger partial charge in [-0.15, -0.1) is 0 Å². The third kappa shape index (κ3) is 6.10. The molecule has 138 valence electrons. The molecule has 1 saturated heterocycles. The highest BCUT2D eigenvalue weighted by molar-refractivity contribution is 5.77. The smallest absolute Gasteiger partial charge is 0.317 e. The summed E-state index contributed by atoms with van der Waals surface area (Å²) in [4.78, 5) is 26.7. The van der Waals surface area contributed by atoms with E-state index in [9.17, 15) is 14.0 Å². The molecule has 2 rings (SSSR count). The number of benzene rings is 1. The van der Waals surface area contributed by atoms with Gasteiger partial charge in [0.05, 0.1) is 19.3 Å². The number of carbonyl (C=O) groups excluding carboxylic acids is 1. The van der Waals surface area contributed by atoms with Crippen LogP contribution in [0.5, 0.6) is 0 Å². The standard InChI is InChI=1S/C18H25FN2O4/c1-13(14-3-5-15(19)6-4-14)9-17(22)21-7-8-25-16(11-21)10-20(2)12-18(23)24/h3-6,13,16H,7-12H2,1-2H3,(H,23,24). The number of nitrogens with zero attached hydrogens (tertiary/aromatic N) is 2. The molecule has 1 aromatic carbocycles. The number of aliphatic carboxylic acids is 1. The molecule has 1 amide bonds. The second-order valence-corrected chi connectivity index (χ2v) is 6.58. The van der Waals surface area contributed by atoms with E-state index in [1.165, 1.54) is 12.1 Å². The molecule has 0 saturated carbocycles. The van der Waals surface area contributed by atoms with Crippen molar-refractivity contribution in [2.24, 2.45) is 0 Å². The maximum Gasteiger partial charge on any atom is 0.317 e. The van der Waals surface area contributed by atoms with Crippen LogP contribution in [0.4, 0.5) is 4.39 Å². The Balaban J connectivity index is 1.86. The molecular weight excluding hydrogens is 327 g/mol. The van der Waals surface area contributed by atoms with Crippen molar-refractivity contribution in [2.75, 3.05) is 39.8 Å². The van der Waals surface area contributed by atoms with Crippen molar-refractivity contribution in [2.45, 2.75) is 25.4 Å². The molecule has 2 unspecified atom stereocenters. The Morgan fingerprint density at radius 3 is 2.72 bits per heavy atom. The lowest BCUT2D eigenvalue weighted by Gasteiger charge is -2.35. The number of carboxylic acids is 1. The Hall–Kier alpha value is -1.99. The summed E-state index contributed by atoms with van der Waals surface area (Å²) in [7, 11) is 1.72. The SMILES string of the molecule is CC(CC(=O)N1CCOC(CN(C)CC(=O)O)C1)c1ccc(F)cc1. The van der Waals surface area contributed by atoms with Crippen LogP contribution in [0, 0.1) is 5.82 Å². The van der Waals surface area contributed by atoms with Gasteiger partial charge in [-0.2, -0.15) is 0 Å². The maximum atomic E-state index is 13.0. The molecule has 1 fully saturated rings. The number of rotatable bonds is 7. The molecule has 1 aliphatic rings. The third-order valence-electron chi connectivity index (χ3n) is 4.33. The Labute approximate surface area is 147 Å². The Morgan fingerprint density at radius 2 is 2.08 bits per heavy atom. The van der Waals surface area contributed by atoms with E-state index in [2.05, 4.69) is 0 Å². The molecule has 7 heteroatoms. The molecule has 6 nitrogen and oxygen atoms in total. The van der Waals surface area contributed by atoms with E-state index in [1.807, 2.05) is 6.92 Å². The molecule has 0 aromatic heterocycles. The first-order chi connectivity index (χ1) is 11.8. The Kier molecular flexibility index (Phi) is 6.90. The number of ether oxygens (including phenoxy) is 1. The van der Waals surface area contributed by atoms with Gasteiger partial charge in [0.2, 0.25) is 5.91 Å². The van der Waals surface area contributed by atoms with Crippen LogP contribution >= 0.6 is 0 Å². The van der Waals surface area contributed by atoms with Crippen molar-refractivity contribution in [3.63, 3.8) is 0 Å². The minimum absolute atomic E-state index is 0.00378. The molecule has 1 heterocycles. The summed E-state index contributed by atoms with van der Waals surface area (Å²) in [5.41, 5.74) is 0.931. The maximum absolute atomic E-state index is 13.0. The molecule has 0 bridgehead atoms. The van der Waals surface area contributed by atoms with Gasteiger partial charge in [-0.3, -0.25) is 14.5 Å². The predicted molar refractivity (Wildman–Crippen MR) is 90.9 cm³/mol. The van der Waals surface area contributed by atoms with Crippen LogP contribution in [0.15, 0.2) is 24.3 Å². The second-order valence-electron chi connectivity index (χ2n) is 6.58. The van der Waals surface area contributed by atoms with Crippen molar-refractivity contribution < 1.29 is 23.8 Å². The third-order valence-corrected chi connectivity index (χ3v) is 4.33. The monoisotopic (exact) mass is 352 g/mol. The first-order valence-electron chi connectivity index (χ1n) is 8.40. The van der Waals surface area contributed by atoms with Crippen LogP contribution in [0.1, 0.15) is 24.8 Å². The topological polar surface area (TPSA) is 70.1 Å². The molecule has 0 aliphatic carbocycles. The Bertz CT molecular complexity index is 593. The summed E-state index contributed by atoms with van der Waals surface area (Å²) in [6.45, 7) is 3.79. The van der Waals surface area contributed by atoms with Gasteiger partial charge in [0.25, 0.3) is 0 Å². The van der Waals surface area contributed by atoms with Crippen molar-refractivity contribution in [1.82, 2.24) is 9.80 Å². The van der Waals surface area contributed by atoms with Gasteiger partial charge < -0.3 is 14.7 Å². The van der Waals surface area contributed by atoms with Gasteiger partial charge in [0.1, 0.15) is 5.82 Å². The summed E-state index contributed by atoms with van der Waals surface area (Å²) in [6.07, 6.45) is 0.159. The molecule has 0 radical (unpaired) electrons. The summed E-state index contributed by atoms with van der Waals surface area (Å²) in [6, 6.07) is 6.21. The second kappa shape index (κ2) is 8.92. The molecule has 1 N–H and O–H groups in total. The predicted octanol–water partition coefficient (Wildman–Crippen LogP) is 1.56. The van der Waals surface area contributed by atoms with E-state index in [0.29, 0.717) is 32.7 Å². The van der Waals surface area contributed by atoms with E-state index in [1.54, 1.807) is 29.0 Å². The zero-order valence-corrected chi connectivity index (χ0v) is 14.7. The Morgan fingerprint density at radius 1 is 1.40 bits per heavy atom. The average Bonchev–Trinajstić information content (AvgIpc) is 2.54. The largest absolute Gasteiger partial charge is 0.480 e. The van der Waals surface area contributed by atoms with Crippen LogP contribution in [-0.4, -0.2) is 72.7 Å².